The summed E-state index contributed by atoms with van der Waals surface area (Å²) in [5.41, 5.74) is -0.201. The summed E-state index contributed by atoms with van der Waals surface area (Å²) in [6, 6.07) is 4.52. The molecule has 0 heterocycles. The van der Waals surface area contributed by atoms with Gasteiger partial charge >= 0.3 is 0 Å². The van der Waals surface area contributed by atoms with Gasteiger partial charge in [-0.15, -0.1) is 0 Å². The highest BCUT2D eigenvalue weighted by molar-refractivity contribution is 6.01. The maximum absolute atomic E-state index is 12.4. The Morgan fingerprint density at radius 1 is 1.48 bits per heavy atom. The second-order valence-corrected chi connectivity index (χ2v) is 5.43. The van der Waals surface area contributed by atoms with E-state index in [4.69, 9.17) is 4.74 Å². The van der Waals surface area contributed by atoms with E-state index < -0.39 is 10.8 Å². The second kappa shape index (κ2) is 6.56. The first-order valence-electron chi connectivity index (χ1n) is 7.24. The van der Waals surface area contributed by atoms with Gasteiger partial charge in [-0.3, -0.25) is 14.9 Å². The van der Waals surface area contributed by atoms with Crippen molar-refractivity contribution in [2.45, 2.75) is 39.2 Å². The fourth-order valence-electron chi connectivity index (χ4n) is 2.77. The molecule has 6 heteroatoms. The molecule has 6 nitrogen and oxygen atoms in total. The number of carbonyl (C=O) groups is 1. The monoisotopic (exact) mass is 292 g/mol. The number of amides is 1. The van der Waals surface area contributed by atoms with Crippen LogP contribution < -0.4 is 10.1 Å². The number of rotatable bonds is 5. The molecule has 0 spiro atoms. The molecule has 0 bridgehead atoms. The summed E-state index contributed by atoms with van der Waals surface area (Å²) < 4.78 is 5.37. The van der Waals surface area contributed by atoms with Gasteiger partial charge in [0, 0.05) is 12.1 Å². The number of nitrogens with one attached hydrogen (secondary N) is 1. The summed E-state index contributed by atoms with van der Waals surface area (Å²) in [5.74, 6) is 0.410. The van der Waals surface area contributed by atoms with E-state index in [1.54, 1.807) is 13.0 Å². The molecule has 0 aromatic heterocycles. The number of benzene rings is 1. The molecule has 1 aromatic rings. The fourth-order valence-corrected chi connectivity index (χ4v) is 2.77. The van der Waals surface area contributed by atoms with Gasteiger partial charge in [0.05, 0.1) is 11.5 Å². The van der Waals surface area contributed by atoms with Crippen LogP contribution in [0.15, 0.2) is 18.2 Å². The van der Waals surface area contributed by atoms with Crippen LogP contribution in [0.5, 0.6) is 5.75 Å². The summed E-state index contributed by atoms with van der Waals surface area (Å²) in [5, 5.41) is 14.0. The highest BCUT2D eigenvalue weighted by Crippen LogP contribution is 2.30. The smallest absolute Gasteiger partial charge is 0.285 e. The minimum atomic E-state index is -0.547. The van der Waals surface area contributed by atoms with Gasteiger partial charge in [0.25, 0.3) is 11.6 Å². The Balaban J connectivity index is 2.27. The summed E-state index contributed by atoms with van der Waals surface area (Å²) in [6.45, 7) is 4.27. The van der Waals surface area contributed by atoms with Crippen LogP contribution >= 0.6 is 0 Å². The van der Waals surface area contributed by atoms with Crippen LogP contribution in [0.3, 0.4) is 0 Å². The number of nitro benzene ring substituents is 1. The van der Waals surface area contributed by atoms with Crippen molar-refractivity contribution in [3.63, 3.8) is 0 Å². The third-order valence-corrected chi connectivity index (χ3v) is 3.76. The van der Waals surface area contributed by atoms with Crippen molar-refractivity contribution >= 4 is 11.6 Å². The highest BCUT2D eigenvalue weighted by Gasteiger charge is 2.29. The Morgan fingerprint density at radius 3 is 2.81 bits per heavy atom. The lowest BCUT2D eigenvalue weighted by molar-refractivity contribution is -0.385. The molecule has 1 N–H and O–H groups in total. The van der Waals surface area contributed by atoms with Gasteiger partial charge in [-0.1, -0.05) is 13.0 Å². The molecule has 21 heavy (non-hydrogen) atoms. The predicted octanol–water partition coefficient (Wildman–Crippen LogP) is 2.91. The van der Waals surface area contributed by atoms with Crippen molar-refractivity contribution in [2.24, 2.45) is 5.92 Å². The molecular formula is C15H20N2O4. The third-order valence-electron chi connectivity index (χ3n) is 3.76. The van der Waals surface area contributed by atoms with E-state index in [9.17, 15) is 14.9 Å². The molecule has 1 aromatic carbocycles. The van der Waals surface area contributed by atoms with Crippen molar-refractivity contribution in [3.05, 3.63) is 33.9 Å². The topological polar surface area (TPSA) is 81.5 Å². The largest absolute Gasteiger partial charge is 0.493 e. The zero-order valence-corrected chi connectivity index (χ0v) is 12.3. The number of nitrogens with zero attached hydrogens (tertiary/aromatic N) is 1. The van der Waals surface area contributed by atoms with E-state index in [0.717, 1.165) is 19.3 Å². The van der Waals surface area contributed by atoms with Crippen molar-refractivity contribution in [1.29, 1.82) is 0 Å². The van der Waals surface area contributed by atoms with E-state index in [-0.39, 0.29) is 23.0 Å². The lowest BCUT2D eigenvalue weighted by atomic mass is 10.1. The van der Waals surface area contributed by atoms with E-state index >= 15 is 0 Å². The zero-order valence-electron chi connectivity index (χ0n) is 12.3. The Bertz CT molecular complexity index is 544. The van der Waals surface area contributed by atoms with Gasteiger partial charge in [-0.2, -0.15) is 0 Å². The molecule has 0 aliphatic heterocycles. The zero-order chi connectivity index (χ0) is 15.4. The van der Waals surface area contributed by atoms with Gasteiger partial charge in [-0.25, -0.2) is 0 Å². The Labute approximate surface area is 123 Å². The SMILES string of the molecule is CCOc1cccc([N+](=O)[O-])c1C(=O)NC1CCC(C)C1. The number of hydrogen-bond acceptors (Lipinski definition) is 4. The number of hydrogen-bond donors (Lipinski definition) is 1. The molecular weight excluding hydrogens is 272 g/mol. The minimum Gasteiger partial charge on any atom is -0.493 e. The normalized spacial score (nSPS) is 21.0. The van der Waals surface area contributed by atoms with Gasteiger partial charge in [0.2, 0.25) is 0 Å². The molecule has 2 rings (SSSR count). The Morgan fingerprint density at radius 2 is 2.24 bits per heavy atom. The number of carbonyl (C=O) groups excluding carboxylic acids is 1. The molecule has 0 saturated heterocycles. The van der Waals surface area contributed by atoms with Gasteiger partial charge < -0.3 is 10.1 Å². The molecule has 1 aliphatic carbocycles. The van der Waals surface area contributed by atoms with Crippen LogP contribution in [-0.4, -0.2) is 23.5 Å². The van der Waals surface area contributed by atoms with Crippen LogP contribution in [0.2, 0.25) is 0 Å². The fraction of sp³-hybridized carbons (Fsp3) is 0.533. The molecule has 1 aliphatic rings. The predicted molar refractivity (Wildman–Crippen MR) is 78.5 cm³/mol. The average Bonchev–Trinajstić information content (AvgIpc) is 2.84. The molecule has 2 atom stereocenters. The van der Waals surface area contributed by atoms with Crippen LogP contribution in [0.4, 0.5) is 5.69 Å². The lowest BCUT2D eigenvalue weighted by Gasteiger charge is -2.15. The van der Waals surface area contributed by atoms with Gasteiger partial charge in [-0.05, 0) is 38.2 Å². The molecule has 0 radical (unpaired) electrons. The first-order valence-corrected chi connectivity index (χ1v) is 7.24. The standard InChI is InChI=1S/C15H20N2O4/c1-3-21-13-6-4-5-12(17(19)20)14(13)15(18)16-11-8-7-10(2)9-11/h4-6,10-11H,3,7-9H2,1-2H3,(H,16,18). The summed E-state index contributed by atoms with van der Waals surface area (Å²) >= 11 is 0. The summed E-state index contributed by atoms with van der Waals surface area (Å²) in [7, 11) is 0. The van der Waals surface area contributed by atoms with E-state index in [0.29, 0.717) is 12.5 Å². The quantitative estimate of drug-likeness (QED) is 0.668. The van der Waals surface area contributed by atoms with Crippen molar-refractivity contribution in [2.75, 3.05) is 6.61 Å². The third kappa shape index (κ3) is 3.51. The minimum absolute atomic E-state index is 0.0175. The molecule has 114 valence electrons. The van der Waals surface area contributed by atoms with Crippen molar-refractivity contribution < 1.29 is 14.5 Å². The van der Waals surface area contributed by atoms with Gasteiger partial charge in [0.15, 0.2) is 5.56 Å². The molecule has 2 unspecified atom stereocenters. The highest BCUT2D eigenvalue weighted by atomic mass is 16.6. The lowest BCUT2D eigenvalue weighted by Crippen LogP contribution is -2.33. The Hall–Kier alpha value is -2.11. The van der Waals surface area contributed by atoms with Crippen LogP contribution in [0, 0.1) is 16.0 Å². The second-order valence-electron chi connectivity index (χ2n) is 5.43. The Kier molecular flexibility index (Phi) is 4.77. The molecule has 1 amide bonds. The first-order chi connectivity index (χ1) is 10.0. The van der Waals surface area contributed by atoms with Crippen molar-refractivity contribution in [3.8, 4) is 5.75 Å². The maximum atomic E-state index is 12.4. The summed E-state index contributed by atoms with van der Waals surface area (Å²) in [6.07, 6.45) is 2.90. The number of nitro groups is 1. The average molecular weight is 292 g/mol. The molecule has 1 fully saturated rings. The first kappa shape index (κ1) is 15.3. The van der Waals surface area contributed by atoms with Crippen LogP contribution in [0.1, 0.15) is 43.5 Å². The molecule has 1 saturated carbocycles. The summed E-state index contributed by atoms with van der Waals surface area (Å²) in [4.78, 5) is 23.0. The van der Waals surface area contributed by atoms with Gasteiger partial charge in [0.1, 0.15) is 5.75 Å². The van der Waals surface area contributed by atoms with E-state index in [2.05, 4.69) is 12.2 Å². The van der Waals surface area contributed by atoms with Crippen LogP contribution in [0.25, 0.3) is 0 Å². The van der Waals surface area contributed by atoms with E-state index in [1.165, 1.54) is 12.1 Å². The maximum Gasteiger partial charge on any atom is 0.285 e. The van der Waals surface area contributed by atoms with Crippen molar-refractivity contribution in [1.82, 2.24) is 5.32 Å². The number of ether oxygens (including phenoxy) is 1. The van der Waals surface area contributed by atoms with E-state index in [1.807, 2.05) is 0 Å². The van der Waals surface area contributed by atoms with Crippen LogP contribution in [-0.2, 0) is 0 Å².